The monoisotopic (exact) mass is 205 g/mol. The van der Waals surface area contributed by atoms with Crippen molar-refractivity contribution in [3.8, 4) is 11.8 Å². The van der Waals surface area contributed by atoms with Crippen molar-refractivity contribution < 1.29 is 4.74 Å². The molecule has 14 heavy (non-hydrogen) atoms. The summed E-state index contributed by atoms with van der Waals surface area (Å²) in [5.74, 6) is 0.898. The lowest BCUT2D eigenvalue weighted by Gasteiger charge is -2.02. The number of hydrogen-bond acceptors (Lipinski definition) is 3. The fraction of sp³-hybridized carbons (Fsp3) is 0. The van der Waals surface area contributed by atoms with Crippen LogP contribution in [0.4, 0.5) is 0 Å². The summed E-state index contributed by atoms with van der Waals surface area (Å²) in [4.78, 5) is 7.90. The lowest BCUT2D eigenvalue weighted by Crippen LogP contribution is -1.89. The zero-order valence-electron chi connectivity index (χ0n) is 7.14. The third kappa shape index (κ3) is 2.20. The highest BCUT2D eigenvalue weighted by molar-refractivity contribution is 6.29. The molecule has 0 saturated heterocycles. The third-order valence-corrected chi connectivity index (χ3v) is 1.70. The van der Waals surface area contributed by atoms with Crippen molar-refractivity contribution in [2.24, 2.45) is 0 Å². The third-order valence-electron chi connectivity index (χ3n) is 1.49. The van der Waals surface area contributed by atoms with Gasteiger partial charge in [-0.2, -0.15) is 0 Å². The lowest BCUT2D eigenvalue weighted by molar-refractivity contribution is 0.445. The highest BCUT2D eigenvalue weighted by atomic mass is 35.5. The molecule has 0 spiro atoms. The molecule has 69 valence electrons. The van der Waals surface area contributed by atoms with Crippen molar-refractivity contribution in [2.75, 3.05) is 0 Å². The molecule has 2 aromatic heterocycles. The molecule has 0 saturated carbocycles. The standard InChI is InChI=1S/C10H6ClN2O/c11-8-4-3-6-10(13-8)14-9-5-1-2-7-12-9/h1,3-7H. The molecule has 0 aliphatic rings. The fourth-order valence-corrected chi connectivity index (χ4v) is 1.08. The quantitative estimate of drug-likeness (QED) is 0.708. The molecule has 1 radical (unpaired) electrons. The molecule has 0 aliphatic carbocycles. The van der Waals surface area contributed by atoms with Crippen molar-refractivity contribution in [3.05, 3.63) is 47.7 Å². The molecular weight excluding hydrogens is 200 g/mol. The second-order valence-electron chi connectivity index (χ2n) is 2.50. The molecule has 0 aromatic carbocycles. The first-order chi connectivity index (χ1) is 6.84. The Kier molecular flexibility index (Phi) is 2.60. The Labute approximate surface area is 86.3 Å². The summed E-state index contributed by atoms with van der Waals surface area (Å²) in [7, 11) is 0. The largest absolute Gasteiger partial charge is 0.421 e. The molecule has 2 aromatic rings. The van der Waals surface area contributed by atoms with Crippen molar-refractivity contribution in [1.82, 2.24) is 9.97 Å². The summed E-state index contributed by atoms with van der Waals surface area (Å²) in [6, 6.07) is 11.4. The summed E-state index contributed by atoms with van der Waals surface area (Å²) in [6.07, 6.45) is 1.53. The van der Waals surface area contributed by atoms with E-state index in [0.717, 1.165) is 0 Å². The van der Waals surface area contributed by atoms with E-state index >= 15 is 0 Å². The highest BCUT2D eigenvalue weighted by Crippen LogP contribution is 2.17. The van der Waals surface area contributed by atoms with E-state index in [4.69, 9.17) is 16.3 Å². The molecule has 0 aliphatic heterocycles. The number of ether oxygens (including phenoxy) is 1. The Hall–Kier alpha value is -1.61. The van der Waals surface area contributed by atoms with Gasteiger partial charge in [0.2, 0.25) is 11.8 Å². The number of hydrogen-bond donors (Lipinski definition) is 0. The summed E-state index contributed by atoms with van der Waals surface area (Å²) < 4.78 is 5.33. The first-order valence-corrected chi connectivity index (χ1v) is 4.35. The number of aromatic nitrogens is 2. The van der Waals surface area contributed by atoms with Gasteiger partial charge in [-0.15, -0.1) is 0 Å². The average molecular weight is 206 g/mol. The van der Waals surface area contributed by atoms with Crippen LogP contribution >= 0.6 is 11.6 Å². The molecule has 2 rings (SSSR count). The van der Waals surface area contributed by atoms with Crippen LogP contribution in [0.1, 0.15) is 0 Å². The van der Waals surface area contributed by atoms with Crippen LogP contribution in [0.3, 0.4) is 0 Å². The van der Waals surface area contributed by atoms with E-state index in [9.17, 15) is 0 Å². The van der Waals surface area contributed by atoms with Crippen LogP contribution in [0.5, 0.6) is 11.8 Å². The van der Waals surface area contributed by atoms with Crippen LogP contribution in [0, 0.1) is 6.07 Å². The highest BCUT2D eigenvalue weighted by Gasteiger charge is 1.98. The molecule has 0 atom stereocenters. The van der Waals surface area contributed by atoms with Gasteiger partial charge in [-0.25, -0.2) is 9.97 Å². The van der Waals surface area contributed by atoms with Crippen LogP contribution in [0.2, 0.25) is 5.15 Å². The van der Waals surface area contributed by atoms with Crippen LogP contribution in [0.25, 0.3) is 0 Å². The minimum absolute atomic E-state index is 0.394. The Bertz CT molecular complexity index is 419. The number of nitrogens with zero attached hydrogens (tertiary/aromatic N) is 2. The Balaban J connectivity index is 2.19. The Morgan fingerprint density at radius 1 is 1.21 bits per heavy atom. The minimum atomic E-state index is 0.394. The predicted molar refractivity (Wildman–Crippen MR) is 52.4 cm³/mol. The predicted octanol–water partition coefficient (Wildman–Crippen LogP) is 2.72. The van der Waals surface area contributed by atoms with Gasteiger partial charge in [0.25, 0.3) is 0 Å². The number of halogens is 1. The zero-order chi connectivity index (χ0) is 9.80. The van der Waals surface area contributed by atoms with Gasteiger partial charge in [-0.3, -0.25) is 0 Å². The van der Waals surface area contributed by atoms with Gasteiger partial charge in [-0.1, -0.05) is 17.7 Å². The normalized spacial score (nSPS) is 9.79. The van der Waals surface area contributed by atoms with E-state index in [-0.39, 0.29) is 0 Å². The Morgan fingerprint density at radius 2 is 2.14 bits per heavy atom. The van der Waals surface area contributed by atoms with Gasteiger partial charge in [0, 0.05) is 24.4 Å². The van der Waals surface area contributed by atoms with Crippen molar-refractivity contribution in [2.45, 2.75) is 0 Å². The summed E-state index contributed by atoms with van der Waals surface area (Å²) in [5, 5.41) is 0.394. The molecule has 0 bridgehead atoms. The van der Waals surface area contributed by atoms with Crippen LogP contribution in [-0.2, 0) is 0 Å². The smallest absolute Gasteiger partial charge is 0.222 e. The Morgan fingerprint density at radius 3 is 2.86 bits per heavy atom. The lowest BCUT2D eigenvalue weighted by atomic mass is 10.5. The van der Waals surface area contributed by atoms with Crippen molar-refractivity contribution >= 4 is 11.6 Å². The van der Waals surface area contributed by atoms with Gasteiger partial charge in [0.15, 0.2) is 0 Å². The molecule has 0 unspecified atom stereocenters. The van der Waals surface area contributed by atoms with E-state index in [0.29, 0.717) is 16.9 Å². The molecule has 0 N–H and O–H groups in total. The van der Waals surface area contributed by atoms with E-state index in [2.05, 4.69) is 16.0 Å². The van der Waals surface area contributed by atoms with Crippen LogP contribution in [0.15, 0.2) is 36.5 Å². The second-order valence-corrected chi connectivity index (χ2v) is 2.88. The van der Waals surface area contributed by atoms with Crippen molar-refractivity contribution in [3.63, 3.8) is 0 Å². The number of rotatable bonds is 2. The van der Waals surface area contributed by atoms with Gasteiger partial charge < -0.3 is 4.74 Å². The van der Waals surface area contributed by atoms with E-state index in [1.807, 2.05) is 0 Å². The maximum atomic E-state index is 5.69. The second kappa shape index (κ2) is 4.07. The van der Waals surface area contributed by atoms with E-state index in [1.54, 1.807) is 30.3 Å². The van der Waals surface area contributed by atoms with E-state index < -0.39 is 0 Å². The minimum Gasteiger partial charge on any atom is -0.421 e. The molecule has 2 heterocycles. The van der Waals surface area contributed by atoms with E-state index in [1.165, 1.54) is 6.20 Å². The summed E-state index contributed by atoms with van der Waals surface area (Å²) in [5.41, 5.74) is 0. The zero-order valence-corrected chi connectivity index (χ0v) is 7.90. The van der Waals surface area contributed by atoms with Crippen molar-refractivity contribution in [1.29, 1.82) is 0 Å². The van der Waals surface area contributed by atoms with Gasteiger partial charge >= 0.3 is 0 Å². The first-order valence-electron chi connectivity index (χ1n) is 3.97. The maximum absolute atomic E-state index is 5.69. The summed E-state index contributed by atoms with van der Waals surface area (Å²) >= 11 is 5.69. The van der Waals surface area contributed by atoms with Crippen LogP contribution in [-0.4, -0.2) is 9.97 Å². The fourth-order valence-electron chi connectivity index (χ4n) is 0.920. The SMILES string of the molecule is Clc1cccc(Oc2cc[c]cn2)n1. The molecular formula is C10H6ClN2O. The topological polar surface area (TPSA) is 35.0 Å². The molecule has 3 nitrogen and oxygen atoms in total. The van der Waals surface area contributed by atoms with Crippen LogP contribution < -0.4 is 4.74 Å². The van der Waals surface area contributed by atoms with Gasteiger partial charge in [0.1, 0.15) is 5.15 Å². The first kappa shape index (κ1) is 8.97. The summed E-state index contributed by atoms with van der Waals surface area (Å²) in [6.45, 7) is 0. The maximum Gasteiger partial charge on any atom is 0.222 e. The molecule has 4 heteroatoms. The molecule has 0 fully saturated rings. The van der Waals surface area contributed by atoms with Gasteiger partial charge in [0.05, 0.1) is 0 Å². The molecule has 0 amide bonds. The number of pyridine rings is 2. The average Bonchev–Trinajstić information content (AvgIpc) is 2.19. The van der Waals surface area contributed by atoms with Gasteiger partial charge in [-0.05, 0) is 12.1 Å².